The van der Waals surface area contributed by atoms with Gasteiger partial charge in [0.15, 0.2) is 15.9 Å². The highest BCUT2D eigenvalue weighted by atomic mass is 32.1. The number of amides is 1. The first-order valence-electron chi connectivity index (χ1n) is 7.69. The van der Waals surface area contributed by atoms with Crippen LogP contribution in [-0.4, -0.2) is 30.8 Å². The van der Waals surface area contributed by atoms with Gasteiger partial charge in [-0.1, -0.05) is 19.1 Å². The first-order chi connectivity index (χ1) is 12.5. The molecule has 11 heteroatoms. The summed E-state index contributed by atoms with van der Waals surface area (Å²) in [7, 11) is 1.27. The number of aryl methyl sites for hydroxylation is 2. The van der Waals surface area contributed by atoms with Gasteiger partial charge in [0, 0.05) is 18.9 Å². The number of thiocarbonyl (C=S) groups is 2. The molecule has 0 unspecified atom stereocenters. The summed E-state index contributed by atoms with van der Waals surface area (Å²) < 4.78 is 40.3. The monoisotopic (exact) mass is 415 g/mol. The largest absolute Gasteiger partial charge is 0.435 e. The van der Waals surface area contributed by atoms with Crippen LogP contribution in [0.15, 0.2) is 30.5 Å². The third kappa shape index (κ3) is 4.80. The van der Waals surface area contributed by atoms with Gasteiger partial charge >= 0.3 is 6.18 Å². The van der Waals surface area contributed by atoms with Gasteiger partial charge in [0.05, 0.1) is 5.56 Å². The molecule has 144 valence electrons. The van der Waals surface area contributed by atoms with Crippen LogP contribution in [0.25, 0.3) is 0 Å². The first kappa shape index (κ1) is 20.8. The maximum Gasteiger partial charge on any atom is 0.435 e. The van der Waals surface area contributed by atoms with E-state index in [0.717, 1.165) is 22.9 Å². The van der Waals surface area contributed by atoms with Crippen LogP contribution in [0.5, 0.6) is 0 Å². The summed E-state index contributed by atoms with van der Waals surface area (Å²) in [5, 5.41) is 5.33. The number of nitrogens with zero attached hydrogens (tertiary/aromatic N) is 3. The van der Waals surface area contributed by atoms with Crippen LogP contribution < -0.4 is 11.1 Å². The number of alkyl halides is 3. The Kier molecular flexibility index (Phi) is 6.16. The zero-order chi connectivity index (χ0) is 20.4. The van der Waals surface area contributed by atoms with Crippen molar-refractivity contribution in [3.63, 3.8) is 0 Å². The highest BCUT2D eigenvalue weighted by molar-refractivity contribution is 7.82. The lowest BCUT2D eigenvalue weighted by Gasteiger charge is -2.22. The van der Waals surface area contributed by atoms with E-state index in [-0.39, 0.29) is 5.11 Å². The molecule has 0 aliphatic heterocycles. The number of anilines is 1. The Hall–Kier alpha value is -2.53. The highest BCUT2D eigenvalue weighted by Crippen LogP contribution is 2.31. The Morgan fingerprint density at radius 2 is 1.89 bits per heavy atom. The molecule has 2 aromatic rings. The van der Waals surface area contributed by atoms with Crippen LogP contribution in [0.1, 0.15) is 28.5 Å². The molecule has 3 N–H and O–H groups in total. The average Bonchev–Trinajstić information content (AvgIpc) is 2.97. The molecule has 27 heavy (non-hydrogen) atoms. The second-order valence-corrected chi connectivity index (χ2v) is 6.33. The van der Waals surface area contributed by atoms with E-state index in [1.807, 2.05) is 19.1 Å². The van der Waals surface area contributed by atoms with E-state index in [9.17, 15) is 18.0 Å². The van der Waals surface area contributed by atoms with E-state index in [2.05, 4.69) is 10.4 Å². The predicted octanol–water partition coefficient (Wildman–Crippen LogP) is 3.08. The van der Waals surface area contributed by atoms with E-state index in [1.165, 1.54) is 7.05 Å². The molecule has 0 fully saturated rings. The molecule has 0 aliphatic carbocycles. The standard InChI is InChI=1S/C16H16F3N5OS2/c1-3-9-4-6-10(7-5-9)21-15(27)24(14(20)26)13(25)11-8-23(2)22-12(11)16(17,18)19/h4-8H,3H2,1-2H3,(H2,20,26)(H,21,27). The fourth-order valence-corrected chi connectivity index (χ4v) is 2.80. The quantitative estimate of drug-likeness (QED) is 0.751. The third-order valence-electron chi connectivity index (χ3n) is 3.57. The molecular formula is C16H16F3N5OS2. The number of carbonyl (C=O) groups excluding carboxylic acids is 1. The molecule has 0 radical (unpaired) electrons. The van der Waals surface area contributed by atoms with Gasteiger partial charge in [0.2, 0.25) is 0 Å². The lowest BCUT2D eigenvalue weighted by Crippen LogP contribution is -2.47. The summed E-state index contributed by atoms with van der Waals surface area (Å²) in [5.41, 5.74) is 5.11. The second kappa shape index (κ2) is 8.01. The maximum absolute atomic E-state index is 13.1. The summed E-state index contributed by atoms with van der Waals surface area (Å²) in [4.78, 5) is 13.3. The molecule has 6 nitrogen and oxygen atoms in total. The summed E-state index contributed by atoms with van der Waals surface area (Å²) in [6.07, 6.45) is -3.04. The van der Waals surface area contributed by atoms with Crippen LogP contribution in [0, 0.1) is 0 Å². The molecule has 0 bridgehead atoms. The molecule has 1 amide bonds. The van der Waals surface area contributed by atoms with Gasteiger partial charge in [-0.15, -0.1) is 0 Å². The van der Waals surface area contributed by atoms with Crippen molar-refractivity contribution < 1.29 is 18.0 Å². The van der Waals surface area contributed by atoms with Crippen molar-refractivity contribution in [2.75, 3.05) is 5.32 Å². The molecule has 1 heterocycles. The van der Waals surface area contributed by atoms with Crippen molar-refractivity contribution in [3.8, 4) is 0 Å². The van der Waals surface area contributed by atoms with Gasteiger partial charge in [-0.25, -0.2) is 4.90 Å². The zero-order valence-electron chi connectivity index (χ0n) is 14.4. The van der Waals surface area contributed by atoms with Crippen molar-refractivity contribution in [1.82, 2.24) is 14.7 Å². The minimum Gasteiger partial charge on any atom is -0.375 e. The van der Waals surface area contributed by atoms with Gasteiger partial charge in [-0.2, -0.15) is 18.3 Å². The number of hydrogen-bond acceptors (Lipinski definition) is 4. The fraction of sp³-hybridized carbons (Fsp3) is 0.250. The number of rotatable bonds is 3. The van der Waals surface area contributed by atoms with E-state index in [1.54, 1.807) is 12.1 Å². The zero-order valence-corrected chi connectivity index (χ0v) is 16.0. The molecule has 0 saturated heterocycles. The van der Waals surface area contributed by atoms with Crippen LogP contribution in [-0.2, 0) is 19.6 Å². The van der Waals surface area contributed by atoms with Crippen LogP contribution >= 0.6 is 24.4 Å². The fourth-order valence-electron chi connectivity index (χ4n) is 2.27. The summed E-state index contributed by atoms with van der Waals surface area (Å²) in [5.74, 6) is -1.12. The molecule has 0 aliphatic rings. The Labute approximate surface area is 164 Å². The van der Waals surface area contributed by atoms with Crippen molar-refractivity contribution in [2.45, 2.75) is 19.5 Å². The maximum atomic E-state index is 13.1. The normalized spacial score (nSPS) is 11.1. The van der Waals surface area contributed by atoms with E-state index in [4.69, 9.17) is 30.2 Å². The summed E-state index contributed by atoms with van der Waals surface area (Å²) in [6.45, 7) is 1.99. The molecule has 0 spiro atoms. The molecular weight excluding hydrogens is 399 g/mol. The molecule has 2 rings (SSSR count). The summed E-state index contributed by atoms with van der Waals surface area (Å²) in [6, 6.07) is 7.14. The van der Waals surface area contributed by atoms with Crippen molar-refractivity contribution in [1.29, 1.82) is 0 Å². The van der Waals surface area contributed by atoms with Gasteiger partial charge in [0.25, 0.3) is 5.91 Å². The topological polar surface area (TPSA) is 76.2 Å². The Morgan fingerprint density at radius 1 is 1.30 bits per heavy atom. The molecule has 1 aromatic carbocycles. The summed E-state index contributed by atoms with van der Waals surface area (Å²) >= 11 is 9.95. The molecule has 0 atom stereocenters. The Bertz CT molecular complexity index is 877. The number of aromatic nitrogens is 2. The average molecular weight is 415 g/mol. The Balaban J connectivity index is 2.32. The predicted molar refractivity (Wildman–Crippen MR) is 103 cm³/mol. The number of carbonyl (C=O) groups is 1. The van der Waals surface area contributed by atoms with Crippen LogP contribution in [0.2, 0.25) is 0 Å². The number of nitrogens with one attached hydrogen (secondary N) is 1. The molecule has 1 aromatic heterocycles. The van der Waals surface area contributed by atoms with E-state index < -0.39 is 28.5 Å². The van der Waals surface area contributed by atoms with Gasteiger partial charge < -0.3 is 11.1 Å². The minimum absolute atomic E-state index is 0.242. The highest BCUT2D eigenvalue weighted by Gasteiger charge is 2.40. The SMILES string of the molecule is CCc1ccc(NC(=S)N(C(=O)c2cn(C)nc2C(F)(F)F)C(N)=S)cc1. The molecule has 0 saturated carbocycles. The van der Waals surface area contributed by atoms with Crippen LogP contribution in [0.3, 0.4) is 0 Å². The Morgan fingerprint density at radius 3 is 2.37 bits per heavy atom. The number of halogens is 3. The van der Waals surface area contributed by atoms with Crippen molar-refractivity contribution >= 4 is 46.3 Å². The van der Waals surface area contributed by atoms with Gasteiger partial charge in [-0.3, -0.25) is 9.48 Å². The number of nitrogens with two attached hydrogens (primary N) is 1. The lowest BCUT2D eigenvalue weighted by molar-refractivity contribution is -0.141. The number of hydrogen-bond donors (Lipinski definition) is 2. The lowest BCUT2D eigenvalue weighted by atomic mass is 10.1. The first-order valence-corrected chi connectivity index (χ1v) is 8.51. The van der Waals surface area contributed by atoms with Gasteiger partial charge in [0.1, 0.15) is 0 Å². The van der Waals surface area contributed by atoms with Crippen molar-refractivity contribution in [3.05, 3.63) is 47.3 Å². The van der Waals surface area contributed by atoms with E-state index >= 15 is 0 Å². The smallest absolute Gasteiger partial charge is 0.375 e. The minimum atomic E-state index is -4.82. The second-order valence-electron chi connectivity index (χ2n) is 5.52. The number of benzene rings is 1. The van der Waals surface area contributed by atoms with E-state index in [0.29, 0.717) is 10.6 Å². The van der Waals surface area contributed by atoms with Crippen LogP contribution in [0.4, 0.5) is 18.9 Å². The van der Waals surface area contributed by atoms with Crippen molar-refractivity contribution in [2.24, 2.45) is 12.8 Å². The van der Waals surface area contributed by atoms with Gasteiger partial charge in [-0.05, 0) is 48.6 Å². The third-order valence-corrected chi connectivity index (χ3v) is 4.03.